The van der Waals surface area contributed by atoms with E-state index in [2.05, 4.69) is 22.4 Å². The Morgan fingerprint density at radius 3 is 2.91 bits per heavy atom. The lowest BCUT2D eigenvalue weighted by Crippen LogP contribution is -2.39. The molecule has 1 aromatic heterocycles. The summed E-state index contributed by atoms with van der Waals surface area (Å²) >= 11 is 0. The summed E-state index contributed by atoms with van der Waals surface area (Å²) in [7, 11) is 1.70. The number of nitrogens with one attached hydrogen (secondary N) is 1. The van der Waals surface area contributed by atoms with Crippen LogP contribution in [-0.2, 0) is 17.7 Å². The van der Waals surface area contributed by atoms with Crippen molar-refractivity contribution in [1.82, 2.24) is 20.4 Å². The highest BCUT2D eigenvalue weighted by atomic mass is 16.5. The van der Waals surface area contributed by atoms with E-state index in [1.165, 1.54) is 24.2 Å². The van der Waals surface area contributed by atoms with Crippen LogP contribution in [0.2, 0.25) is 0 Å². The SMILES string of the molecule is CCc1noc(CN(C)C(=O)NCCO[C@@H]2CCCC[C@H]2C)n1. The Morgan fingerprint density at radius 1 is 1.43 bits per heavy atom. The number of carbonyl (C=O) groups is 1. The third kappa shape index (κ3) is 5.49. The molecule has 1 aliphatic carbocycles. The molecule has 1 aromatic rings. The van der Waals surface area contributed by atoms with Crippen LogP contribution in [-0.4, -0.2) is 47.4 Å². The van der Waals surface area contributed by atoms with E-state index in [9.17, 15) is 4.79 Å². The van der Waals surface area contributed by atoms with Crippen molar-refractivity contribution in [3.8, 4) is 0 Å². The highest BCUT2D eigenvalue weighted by molar-refractivity contribution is 5.73. The minimum atomic E-state index is -0.165. The number of urea groups is 1. The predicted molar refractivity (Wildman–Crippen MR) is 85.9 cm³/mol. The minimum absolute atomic E-state index is 0.165. The number of hydrogen-bond donors (Lipinski definition) is 1. The van der Waals surface area contributed by atoms with E-state index in [0.717, 1.165) is 12.8 Å². The number of aromatic nitrogens is 2. The zero-order valence-corrected chi connectivity index (χ0v) is 14.4. The van der Waals surface area contributed by atoms with Crippen LogP contribution in [0.5, 0.6) is 0 Å². The monoisotopic (exact) mass is 324 g/mol. The molecule has 0 aromatic carbocycles. The van der Waals surface area contributed by atoms with Crippen molar-refractivity contribution in [2.75, 3.05) is 20.2 Å². The van der Waals surface area contributed by atoms with Gasteiger partial charge in [0.15, 0.2) is 5.82 Å². The Balaban J connectivity index is 1.63. The van der Waals surface area contributed by atoms with E-state index in [1.807, 2.05) is 6.92 Å². The van der Waals surface area contributed by atoms with Crippen molar-refractivity contribution < 1.29 is 14.1 Å². The fraction of sp³-hybridized carbons (Fsp3) is 0.812. The zero-order chi connectivity index (χ0) is 16.7. The molecule has 1 aliphatic rings. The molecule has 1 heterocycles. The van der Waals surface area contributed by atoms with Gasteiger partial charge < -0.3 is 19.5 Å². The molecular formula is C16H28N4O3. The van der Waals surface area contributed by atoms with Gasteiger partial charge in [-0.2, -0.15) is 4.98 Å². The summed E-state index contributed by atoms with van der Waals surface area (Å²) in [4.78, 5) is 17.7. The number of ether oxygens (including phenoxy) is 1. The van der Waals surface area contributed by atoms with Crippen LogP contribution >= 0.6 is 0 Å². The molecule has 1 saturated carbocycles. The predicted octanol–water partition coefficient (Wildman–Crippen LogP) is 2.37. The quantitative estimate of drug-likeness (QED) is 0.779. The molecule has 2 rings (SSSR count). The van der Waals surface area contributed by atoms with Crippen molar-refractivity contribution in [3.05, 3.63) is 11.7 Å². The van der Waals surface area contributed by atoms with Crippen LogP contribution in [0.25, 0.3) is 0 Å². The van der Waals surface area contributed by atoms with Crippen molar-refractivity contribution in [2.45, 2.75) is 58.6 Å². The maximum absolute atomic E-state index is 12.0. The minimum Gasteiger partial charge on any atom is -0.376 e. The van der Waals surface area contributed by atoms with Gasteiger partial charge in [0.05, 0.1) is 12.7 Å². The summed E-state index contributed by atoms with van der Waals surface area (Å²) < 4.78 is 11.0. The second kappa shape index (κ2) is 8.86. The van der Waals surface area contributed by atoms with Gasteiger partial charge in [-0.1, -0.05) is 31.8 Å². The average Bonchev–Trinajstić information content (AvgIpc) is 3.00. The van der Waals surface area contributed by atoms with Crippen LogP contribution in [0.1, 0.15) is 51.2 Å². The zero-order valence-electron chi connectivity index (χ0n) is 14.4. The summed E-state index contributed by atoms with van der Waals surface area (Å²) in [6.45, 7) is 5.56. The molecule has 1 fully saturated rings. The highest BCUT2D eigenvalue weighted by Crippen LogP contribution is 2.25. The van der Waals surface area contributed by atoms with Crippen LogP contribution in [0.4, 0.5) is 4.79 Å². The Labute approximate surface area is 137 Å². The number of amides is 2. The number of carbonyl (C=O) groups excluding carboxylic acids is 1. The maximum atomic E-state index is 12.0. The third-order valence-electron chi connectivity index (χ3n) is 4.29. The standard InChI is InChI=1S/C16H28N4O3/c1-4-14-18-15(23-19-14)11-20(3)16(21)17-9-10-22-13-8-6-5-7-12(13)2/h12-13H,4-11H2,1-3H3,(H,17,21)/t12-,13-/m1/s1. The van der Waals surface area contributed by atoms with Crippen molar-refractivity contribution in [1.29, 1.82) is 0 Å². The van der Waals surface area contributed by atoms with Gasteiger partial charge in [-0.25, -0.2) is 4.79 Å². The lowest BCUT2D eigenvalue weighted by molar-refractivity contribution is -0.00268. The maximum Gasteiger partial charge on any atom is 0.317 e. The first kappa shape index (κ1) is 17.7. The molecule has 0 radical (unpaired) electrons. The van der Waals surface area contributed by atoms with Crippen molar-refractivity contribution in [2.24, 2.45) is 5.92 Å². The first-order valence-electron chi connectivity index (χ1n) is 8.52. The van der Waals surface area contributed by atoms with Gasteiger partial charge in [-0.3, -0.25) is 0 Å². The van der Waals surface area contributed by atoms with E-state index >= 15 is 0 Å². The number of hydrogen-bond acceptors (Lipinski definition) is 5. The molecule has 1 N–H and O–H groups in total. The Kier molecular flexibility index (Phi) is 6.83. The topological polar surface area (TPSA) is 80.5 Å². The molecule has 2 amide bonds. The highest BCUT2D eigenvalue weighted by Gasteiger charge is 2.21. The Bertz CT molecular complexity index is 491. The molecule has 23 heavy (non-hydrogen) atoms. The molecule has 0 saturated heterocycles. The molecule has 7 heteroatoms. The lowest BCUT2D eigenvalue weighted by atomic mass is 9.88. The third-order valence-corrected chi connectivity index (χ3v) is 4.29. The summed E-state index contributed by atoms with van der Waals surface area (Å²) in [6.07, 6.45) is 5.97. The largest absolute Gasteiger partial charge is 0.376 e. The van der Waals surface area contributed by atoms with Gasteiger partial charge >= 0.3 is 6.03 Å². The van der Waals surface area contributed by atoms with Gasteiger partial charge in [0.2, 0.25) is 5.89 Å². The van der Waals surface area contributed by atoms with E-state index in [-0.39, 0.29) is 6.03 Å². The van der Waals surface area contributed by atoms with Crippen LogP contribution in [0, 0.1) is 5.92 Å². The Hall–Kier alpha value is -1.63. The molecule has 2 atom stereocenters. The van der Waals surface area contributed by atoms with E-state index in [0.29, 0.717) is 43.4 Å². The van der Waals surface area contributed by atoms with Gasteiger partial charge in [-0.05, 0) is 18.8 Å². The summed E-state index contributed by atoms with van der Waals surface area (Å²) in [6, 6.07) is -0.165. The average molecular weight is 324 g/mol. The summed E-state index contributed by atoms with van der Waals surface area (Å²) in [5.41, 5.74) is 0. The molecule has 130 valence electrons. The first-order valence-corrected chi connectivity index (χ1v) is 8.52. The van der Waals surface area contributed by atoms with Gasteiger partial charge in [0.1, 0.15) is 6.54 Å². The van der Waals surface area contributed by atoms with Crippen LogP contribution < -0.4 is 5.32 Å². The normalized spacial score (nSPS) is 21.2. The molecule has 0 aliphatic heterocycles. The second-order valence-corrected chi connectivity index (χ2v) is 6.22. The summed E-state index contributed by atoms with van der Waals surface area (Å²) in [5, 5.41) is 6.67. The number of nitrogens with zero attached hydrogens (tertiary/aromatic N) is 3. The van der Waals surface area contributed by atoms with Gasteiger partial charge in [0, 0.05) is 20.0 Å². The molecule has 7 nitrogen and oxygen atoms in total. The molecule has 0 unspecified atom stereocenters. The van der Waals surface area contributed by atoms with E-state index in [4.69, 9.17) is 9.26 Å². The van der Waals surface area contributed by atoms with E-state index in [1.54, 1.807) is 7.05 Å². The molecule has 0 spiro atoms. The molecular weight excluding hydrogens is 296 g/mol. The van der Waals surface area contributed by atoms with E-state index < -0.39 is 0 Å². The molecule has 0 bridgehead atoms. The van der Waals surface area contributed by atoms with Gasteiger partial charge in [0.25, 0.3) is 0 Å². The smallest absolute Gasteiger partial charge is 0.317 e. The fourth-order valence-corrected chi connectivity index (χ4v) is 2.81. The number of rotatable bonds is 7. The lowest BCUT2D eigenvalue weighted by Gasteiger charge is -2.28. The second-order valence-electron chi connectivity index (χ2n) is 6.22. The Morgan fingerprint density at radius 2 is 2.22 bits per heavy atom. The van der Waals surface area contributed by atoms with Crippen LogP contribution in [0.15, 0.2) is 4.52 Å². The van der Waals surface area contributed by atoms with Crippen molar-refractivity contribution >= 4 is 6.03 Å². The number of aryl methyl sites for hydroxylation is 1. The van der Waals surface area contributed by atoms with Crippen LogP contribution in [0.3, 0.4) is 0 Å². The first-order chi connectivity index (χ1) is 11.1. The van der Waals surface area contributed by atoms with Gasteiger partial charge in [-0.15, -0.1) is 0 Å². The van der Waals surface area contributed by atoms with Crippen molar-refractivity contribution in [3.63, 3.8) is 0 Å². The summed E-state index contributed by atoms with van der Waals surface area (Å²) in [5.74, 6) is 1.73. The fourth-order valence-electron chi connectivity index (χ4n) is 2.81.